The lowest BCUT2D eigenvalue weighted by Crippen LogP contribution is -2.09. The Labute approximate surface area is 189 Å². The number of rotatable bonds is 11. The summed E-state index contributed by atoms with van der Waals surface area (Å²) in [6, 6.07) is 11.6. The molecule has 0 saturated heterocycles. The van der Waals surface area contributed by atoms with Gasteiger partial charge in [-0.3, -0.25) is 0 Å². The van der Waals surface area contributed by atoms with Gasteiger partial charge in [-0.05, 0) is 61.1 Å². The molecule has 0 saturated carbocycles. The summed E-state index contributed by atoms with van der Waals surface area (Å²) in [6.45, 7) is 4.31. The van der Waals surface area contributed by atoms with Gasteiger partial charge in [0.1, 0.15) is 0 Å². The second-order valence-corrected chi connectivity index (χ2v) is 8.06. The number of hydrogen-bond acceptors (Lipinski definition) is 4. The van der Waals surface area contributed by atoms with Gasteiger partial charge < -0.3 is 4.74 Å². The third-order valence-corrected chi connectivity index (χ3v) is 5.42. The number of aryl methyl sites for hydroxylation is 2. The molecular weight excluding hydrogens is 403 g/mol. The molecule has 0 aliphatic carbocycles. The topological polar surface area (TPSA) is 52.1 Å². The van der Waals surface area contributed by atoms with E-state index in [9.17, 15) is 9.18 Å². The molecule has 0 aliphatic heterocycles. The van der Waals surface area contributed by atoms with Gasteiger partial charge in [0.2, 0.25) is 0 Å². The highest BCUT2D eigenvalue weighted by Crippen LogP contribution is 2.22. The molecule has 168 valence electrons. The molecule has 0 unspecified atom stereocenters. The fourth-order valence-electron chi connectivity index (χ4n) is 3.49. The van der Waals surface area contributed by atoms with Gasteiger partial charge in [-0.25, -0.2) is 19.2 Å². The van der Waals surface area contributed by atoms with E-state index in [0.29, 0.717) is 11.4 Å². The number of hydrogen-bond donors (Lipinski definition) is 0. The average molecular weight is 435 g/mol. The van der Waals surface area contributed by atoms with Crippen LogP contribution < -0.4 is 4.74 Å². The van der Waals surface area contributed by atoms with Crippen LogP contribution in [0, 0.1) is 5.82 Å². The maximum Gasteiger partial charge on any atom is 0.343 e. The van der Waals surface area contributed by atoms with E-state index in [1.165, 1.54) is 25.0 Å². The molecule has 0 aliphatic rings. The van der Waals surface area contributed by atoms with E-state index in [1.54, 1.807) is 24.3 Å². The molecular formula is C27H31FN2O2. The number of nitrogens with zero attached hydrogens (tertiary/aromatic N) is 2. The highest BCUT2D eigenvalue weighted by atomic mass is 19.1. The van der Waals surface area contributed by atoms with Gasteiger partial charge in [-0.2, -0.15) is 0 Å². The summed E-state index contributed by atoms with van der Waals surface area (Å²) in [7, 11) is 0. The first-order valence-electron chi connectivity index (χ1n) is 11.5. The van der Waals surface area contributed by atoms with Crippen LogP contribution in [-0.2, 0) is 12.8 Å². The SMILES string of the molecule is CCCCCc1cnc(-c2ccc(C(=O)Oc3ccc(CCCCC)cc3F)cc2)nc1. The zero-order chi connectivity index (χ0) is 22.8. The Kier molecular flexibility index (Phi) is 8.90. The molecule has 0 N–H and O–H groups in total. The number of benzene rings is 2. The van der Waals surface area contributed by atoms with Crippen LogP contribution in [0.2, 0.25) is 0 Å². The van der Waals surface area contributed by atoms with Gasteiger partial charge >= 0.3 is 5.97 Å². The second kappa shape index (κ2) is 12.1. The molecule has 1 aromatic heterocycles. The quantitative estimate of drug-likeness (QED) is 0.186. The van der Waals surface area contributed by atoms with Gasteiger partial charge in [0, 0.05) is 18.0 Å². The smallest absolute Gasteiger partial charge is 0.343 e. The predicted molar refractivity (Wildman–Crippen MR) is 125 cm³/mol. The minimum Gasteiger partial charge on any atom is -0.420 e. The second-order valence-electron chi connectivity index (χ2n) is 8.06. The van der Waals surface area contributed by atoms with Crippen molar-refractivity contribution in [1.29, 1.82) is 0 Å². The fourth-order valence-corrected chi connectivity index (χ4v) is 3.49. The van der Waals surface area contributed by atoms with Crippen molar-refractivity contribution in [1.82, 2.24) is 9.97 Å². The zero-order valence-corrected chi connectivity index (χ0v) is 18.9. The normalized spacial score (nSPS) is 10.8. The Bertz CT molecular complexity index is 1000. The number of carbonyl (C=O) groups is 1. The van der Waals surface area contributed by atoms with Crippen LogP contribution in [0.3, 0.4) is 0 Å². The number of ether oxygens (including phenoxy) is 1. The highest BCUT2D eigenvalue weighted by molar-refractivity contribution is 5.91. The minimum absolute atomic E-state index is 0.0553. The van der Waals surface area contributed by atoms with Crippen molar-refractivity contribution >= 4 is 5.97 Å². The number of aromatic nitrogens is 2. The van der Waals surface area contributed by atoms with E-state index in [-0.39, 0.29) is 5.75 Å². The van der Waals surface area contributed by atoms with Gasteiger partial charge in [-0.1, -0.05) is 57.7 Å². The molecule has 0 radical (unpaired) electrons. The molecule has 0 atom stereocenters. The summed E-state index contributed by atoms with van der Waals surface area (Å²) in [5.74, 6) is -0.563. The van der Waals surface area contributed by atoms with Gasteiger partial charge in [0.25, 0.3) is 0 Å². The first kappa shape index (κ1) is 23.6. The maximum atomic E-state index is 14.4. The van der Waals surface area contributed by atoms with E-state index in [1.807, 2.05) is 18.5 Å². The summed E-state index contributed by atoms with van der Waals surface area (Å²) in [4.78, 5) is 21.3. The van der Waals surface area contributed by atoms with Crippen LogP contribution in [0.5, 0.6) is 5.75 Å². The maximum absolute atomic E-state index is 14.4. The lowest BCUT2D eigenvalue weighted by Gasteiger charge is -2.08. The van der Waals surface area contributed by atoms with Crippen molar-refractivity contribution in [2.75, 3.05) is 0 Å². The van der Waals surface area contributed by atoms with Gasteiger partial charge in [0.15, 0.2) is 17.4 Å². The van der Waals surface area contributed by atoms with Crippen molar-refractivity contribution in [2.24, 2.45) is 0 Å². The lowest BCUT2D eigenvalue weighted by atomic mass is 10.1. The van der Waals surface area contributed by atoms with Crippen LogP contribution in [0.25, 0.3) is 11.4 Å². The van der Waals surface area contributed by atoms with Crippen molar-refractivity contribution in [2.45, 2.75) is 65.2 Å². The van der Waals surface area contributed by atoms with Crippen molar-refractivity contribution in [3.63, 3.8) is 0 Å². The zero-order valence-electron chi connectivity index (χ0n) is 18.9. The van der Waals surface area contributed by atoms with Crippen LogP contribution in [0.15, 0.2) is 54.9 Å². The Balaban J connectivity index is 1.60. The third-order valence-electron chi connectivity index (χ3n) is 5.42. The molecule has 3 aromatic rings. The monoisotopic (exact) mass is 434 g/mol. The molecule has 0 spiro atoms. The van der Waals surface area contributed by atoms with Crippen LogP contribution in [0.4, 0.5) is 4.39 Å². The van der Waals surface area contributed by atoms with E-state index in [2.05, 4.69) is 23.8 Å². The number of halogens is 1. The van der Waals surface area contributed by atoms with Crippen LogP contribution >= 0.6 is 0 Å². The number of carbonyl (C=O) groups excluding carboxylic acids is 1. The van der Waals surface area contributed by atoms with Crippen molar-refractivity contribution in [3.05, 3.63) is 77.4 Å². The van der Waals surface area contributed by atoms with E-state index < -0.39 is 11.8 Å². The summed E-state index contributed by atoms with van der Waals surface area (Å²) < 4.78 is 19.6. The Morgan fingerprint density at radius 2 is 1.47 bits per heavy atom. The summed E-state index contributed by atoms with van der Waals surface area (Å²) in [5.41, 5.74) is 3.19. The van der Waals surface area contributed by atoms with E-state index >= 15 is 0 Å². The first-order valence-corrected chi connectivity index (χ1v) is 11.5. The number of unbranched alkanes of at least 4 members (excludes halogenated alkanes) is 4. The average Bonchev–Trinajstić information content (AvgIpc) is 2.82. The van der Waals surface area contributed by atoms with E-state index in [0.717, 1.165) is 55.2 Å². The van der Waals surface area contributed by atoms with Gasteiger partial charge in [-0.15, -0.1) is 0 Å². The highest BCUT2D eigenvalue weighted by Gasteiger charge is 2.13. The van der Waals surface area contributed by atoms with Crippen LogP contribution in [-0.4, -0.2) is 15.9 Å². The largest absolute Gasteiger partial charge is 0.420 e. The molecule has 0 bridgehead atoms. The Morgan fingerprint density at radius 3 is 2.06 bits per heavy atom. The summed E-state index contributed by atoms with van der Waals surface area (Å²) >= 11 is 0. The minimum atomic E-state index is -0.596. The Hall–Kier alpha value is -3.08. The molecule has 5 heteroatoms. The first-order chi connectivity index (χ1) is 15.6. The molecule has 0 fully saturated rings. The molecule has 1 heterocycles. The standard InChI is InChI=1S/C27H31FN2O2/c1-3-5-7-9-20-11-16-25(24(28)17-20)32-27(31)23-14-12-22(13-15-23)26-29-18-21(19-30-26)10-8-6-4-2/h11-19H,3-10H2,1-2H3. The van der Waals surface area contributed by atoms with E-state index in [4.69, 9.17) is 4.74 Å². The molecule has 32 heavy (non-hydrogen) atoms. The fraction of sp³-hybridized carbons (Fsp3) is 0.370. The number of esters is 1. The van der Waals surface area contributed by atoms with Gasteiger partial charge in [0.05, 0.1) is 5.56 Å². The van der Waals surface area contributed by atoms with Crippen molar-refractivity contribution < 1.29 is 13.9 Å². The molecule has 3 rings (SSSR count). The summed E-state index contributed by atoms with van der Waals surface area (Å²) in [5, 5.41) is 0. The molecule has 4 nitrogen and oxygen atoms in total. The van der Waals surface area contributed by atoms with Crippen molar-refractivity contribution in [3.8, 4) is 17.1 Å². The third kappa shape index (κ3) is 6.71. The molecule has 0 amide bonds. The summed E-state index contributed by atoms with van der Waals surface area (Å²) in [6.07, 6.45) is 12.3. The van der Waals surface area contributed by atoms with Crippen LogP contribution in [0.1, 0.15) is 73.9 Å². The molecule has 2 aromatic carbocycles. The predicted octanol–water partition coefficient (Wildman–Crippen LogP) is 6.97. The Morgan fingerprint density at radius 1 is 0.844 bits per heavy atom. The lowest BCUT2D eigenvalue weighted by molar-refractivity contribution is 0.0728.